The molecule has 1 amide bonds. The number of ether oxygens (including phenoxy) is 1. The van der Waals surface area contributed by atoms with E-state index in [1.165, 1.54) is 0 Å². The van der Waals surface area contributed by atoms with Gasteiger partial charge in [0.1, 0.15) is 12.4 Å². The third kappa shape index (κ3) is 4.91. The van der Waals surface area contributed by atoms with E-state index in [4.69, 9.17) is 27.9 Å². The predicted octanol–water partition coefficient (Wildman–Crippen LogP) is 5.98. The van der Waals surface area contributed by atoms with Gasteiger partial charge in [0.05, 0.1) is 6.54 Å². The van der Waals surface area contributed by atoms with Crippen molar-refractivity contribution < 1.29 is 9.53 Å². The van der Waals surface area contributed by atoms with Crippen LogP contribution in [0, 0.1) is 0 Å². The topological polar surface area (TPSA) is 54.1 Å². The van der Waals surface area contributed by atoms with E-state index >= 15 is 0 Å². The zero-order chi connectivity index (χ0) is 20.2. The van der Waals surface area contributed by atoms with Gasteiger partial charge in [-0.3, -0.25) is 4.79 Å². The smallest absolute Gasteiger partial charge is 0.251 e. The predicted molar refractivity (Wildman–Crippen MR) is 117 cm³/mol. The summed E-state index contributed by atoms with van der Waals surface area (Å²) in [4.78, 5) is 15.8. The fraction of sp³-hybridized carbons (Fsp3) is 0.0870. The number of aromatic nitrogens is 1. The molecule has 1 heterocycles. The first-order valence-electron chi connectivity index (χ1n) is 9.09. The minimum Gasteiger partial charge on any atom is -0.489 e. The van der Waals surface area contributed by atoms with Crippen LogP contribution in [-0.4, -0.2) is 10.9 Å². The van der Waals surface area contributed by atoms with Gasteiger partial charge in [-0.15, -0.1) is 0 Å². The summed E-state index contributed by atoms with van der Waals surface area (Å²) in [6.07, 6.45) is 0. The highest BCUT2D eigenvalue weighted by Gasteiger charge is 2.08. The van der Waals surface area contributed by atoms with Gasteiger partial charge in [0.25, 0.3) is 5.91 Å². The van der Waals surface area contributed by atoms with Gasteiger partial charge in [-0.2, -0.15) is 0 Å². The molecule has 0 aliphatic rings. The third-order valence-corrected chi connectivity index (χ3v) is 4.97. The first kappa shape index (κ1) is 19.4. The third-order valence-electron chi connectivity index (χ3n) is 4.49. The molecule has 0 saturated heterocycles. The van der Waals surface area contributed by atoms with Gasteiger partial charge in [0.15, 0.2) is 0 Å². The van der Waals surface area contributed by atoms with E-state index in [0.717, 1.165) is 27.9 Å². The highest BCUT2D eigenvalue weighted by Crippen LogP contribution is 2.20. The molecule has 0 spiro atoms. The molecule has 0 radical (unpaired) electrons. The van der Waals surface area contributed by atoms with Gasteiger partial charge in [-0.05, 0) is 66.2 Å². The maximum Gasteiger partial charge on any atom is 0.251 e. The van der Waals surface area contributed by atoms with Crippen LogP contribution in [0.5, 0.6) is 5.75 Å². The van der Waals surface area contributed by atoms with Crippen molar-refractivity contribution in [3.63, 3.8) is 0 Å². The van der Waals surface area contributed by atoms with Crippen molar-refractivity contribution in [3.8, 4) is 5.75 Å². The monoisotopic (exact) mass is 424 g/mol. The molecule has 0 atom stereocenters. The van der Waals surface area contributed by atoms with Gasteiger partial charge in [0.2, 0.25) is 0 Å². The second kappa shape index (κ2) is 8.60. The van der Waals surface area contributed by atoms with Gasteiger partial charge in [-0.1, -0.05) is 35.3 Å². The fourth-order valence-corrected chi connectivity index (χ4v) is 3.34. The standard InChI is InChI=1S/C23H18Cl2N2O2/c24-18-4-7-21(8-5-18)29-14-15-2-1-3-16(10-15)23(28)26-13-20-12-17-11-19(25)6-9-22(17)27-20/h1-12,27H,13-14H2,(H,26,28). The van der Waals surface area contributed by atoms with Crippen LogP contribution >= 0.6 is 23.2 Å². The van der Waals surface area contributed by atoms with Crippen molar-refractivity contribution in [3.05, 3.63) is 99.7 Å². The number of fused-ring (bicyclic) bond motifs is 1. The lowest BCUT2D eigenvalue weighted by Gasteiger charge is -2.08. The van der Waals surface area contributed by atoms with Crippen molar-refractivity contribution in [2.24, 2.45) is 0 Å². The first-order valence-corrected chi connectivity index (χ1v) is 9.85. The number of amides is 1. The number of carbonyl (C=O) groups is 1. The second-order valence-electron chi connectivity index (χ2n) is 6.65. The van der Waals surface area contributed by atoms with Crippen molar-refractivity contribution in [2.75, 3.05) is 0 Å². The summed E-state index contributed by atoms with van der Waals surface area (Å²) in [6, 6.07) is 22.2. The van der Waals surface area contributed by atoms with E-state index in [9.17, 15) is 4.79 Å². The Hall–Kier alpha value is -2.95. The Kier molecular flexibility index (Phi) is 5.74. The van der Waals surface area contributed by atoms with Crippen LogP contribution in [0.2, 0.25) is 10.0 Å². The van der Waals surface area contributed by atoms with E-state index in [1.54, 1.807) is 18.2 Å². The zero-order valence-electron chi connectivity index (χ0n) is 15.4. The molecule has 29 heavy (non-hydrogen) atoms. The van der Waals surface area contributed by atoms with Crippen molar-refractivity contribution >= 4 is 40.0 Å². The van der Waals surface area contributed by atoms with E-state index in [1.807, 2.05) is 54.6 Å². The number of aromatic amines is 1. The molecule has 1 aromatic heterocycles. The number of benzene rings is 3. The molecule has 4 rings (SSSR count). The maximum atomic E-state index is 12.5. The Balaban J connectivity index is 1.37. The molecule has 0 aliphatic carbocycles. The largest absolute Gasteiger partial charge is 0.489 e. The Labute approximate surface area is 178 Å². The van der Waals surface area contributed by atoms with Gasteiger partial charge >= 0.3 is 0 Å². The number of hydrogen-bond acceptors (Lipinski definition) is 2. The van der Waals surface area contributed by atoms with Crippen LogP contribution in [0.15, 0.2) is 72.8 Å². The van der Waals surface area contributed by atoms with Crippen LogP contribution in [0.3, 0.4) is 0 Å². The summed E-state index contributed by atoms with van der Waals surface area (Å²) < 4.78 is 5.75. The molecule has 0 unspecified atom stereocenters. The number of halogens is 2. The Morgan fingerprint density at radius 3 is 2.55 bits per heavy atom. The van der Waals surface area contributed by atoms with Crippen molar-refractivity contribution in [1.82, 2.24) is 10.3 Å². The van der Waals surface area contributed by atoms with Crippen molar-refractivity contribution in [2.45, 2.75) is 13.2 Å². The van der Waals surface area contributed by atoms with Crippen LogP contribution in [0.25, 0.3) is 10.9 Å². The lowest BCUT2D eigenvalue weighted by Crippen LogP contribution is -2.23. The molecule has 0 aliphatic heterocycles. The van der Waals surface area contributed by atoms with E-state index in [0.29, 0.717) is 28.8 Å². The molecular formula is C23H18Cl2N2O2. The lowest BCUT2D eigenvalue weighted by molar-refractivity contribution is 0.0950. The van der Waals surface area contributed by atoms with Crippen LogP contribution < -0.4 is 10.1 Å². The van der Waals surface area contributed by atoms with E-state index in [-0.39, 0.29) is 5.91 Å². The normalized spacial score (nSPS) is 10.8. The maximum absolute atomic E-state index is 12.5. The van der Waals surface area contributed by atoms with E-state index < -0.39 is 0 Å². The van der Waals surface area contributed by atoms with Gasteiger partial charge in [0, 0.05) is 32.2 Å². The molecule has 6 heteroatoms. The summed E-state index contributed by atoms with van der Waals surface area (Å²) in [5.41, 5.74) is 3.40. The minimum atomic E-state index is -0.143. The molecule has 4 nitrogen and oxygen atoms in total. The van der Waals surface area contributed by atoms with Crippen molar-refractivity contribution in [1.29, 1.82) is 0 Å². The SMILES string of the molecule is O=C(NCc1cc2cc(Cl)ccc2[nH]1)c1cccc(COc2ccc(Cl)cc2)c1. The molecule has 4 aromatic rings. The Morgan fingerprint density at radius 2 is 1.72 bits per heavy atom. The Morgan fingerprint density at radius 1 is 0.931 bits per heavy atom. The van der Waals surface area contributed by atoms with Crippen LogP contribution in [-0.2, 0) is 13.2 Å². The first-order chi connectivity index (χ1) is 14.1. The number of hydrogen-bond donors (Lipinski definition) is 2. The number of nitrogens with one attached hydrogen (secondary N) is 2. The second-order valence-corrected chi connectivity index (χ2v) is 7.52. The highest BCUT2D eigenvalue weighted by molar-refractivity contribution is 6.31. The van der Waals surface area contributed by atoms with Crippen LogP contribution in [0.4, 0.5) is 0 Å². The molecule has 3 aromatic carbocycles. The summed E-state index contributed by atoms with van der Waals surface area (Å²) in [5.74, 6) is 0.582. The average molecular weight is 425 g/mol. The minimum absolute atomic E-state index is 0.143. The average Bonchev–Trinajstić information content (AvgIpc) is 3.14. The van der Waals surface area contributed by atoms with Gasteiger partial charge in [-0.25, -0.2) is 0 Å². The summed E-state index contributed by atoms with van der Waals surface area (Å²) >= 11 is 11.9. The Bertz CT molecular complexity index is 1150. The number of H-pyrrole nitrogens is 1. The van der Waals surface area contributed by atoms with Crippen LogP contribution in [0.1, 0.15) is 21.6 Å². The molecule has 0 fully saturated rings. The molecular weight excluding hydrogens is 407 g/mol. The quantitative estimate of drug-likeness (QED) is 0.399. The molecule has 146 valence electrons. The highest BCUT2D eigenvalue weighted by atomic mass is 35.5. The van der Waals surface area contributed by atoms with E-state index in [2.05, 4.69) is 10.3 Å². The zero-order valence-corrected chi connectivity index (χ0v) is 16.9. The summed E-state index contributed by atoms with van der Waals surface area (Å²) in [7, 11) is 0. The number of rotatable bonds is 6. The molecule has 0 bridgehead atoms. The molecule has 0 saturated carbocycles. The lowest BCUT2D eigenvalue weighted by atomic mass is 10.1. The van der Waals surface area contributed by atoms with Gasteiger partial charge < -0.3 is 15.0 Å². The fourth-order valence-electron chi connectivity index (χ4n) is 3.04. The summed E-state index contributed by atoms with van der Waals surface area (Å²) in [6.45, 7) is 0.766. The summed E-state index contributed by atoms with van der Waals surface area (Å²) in [5, 5.41) is 5.30. The number of carbonyl (C=O) groups excluding carboxylic acids is 1. The molecule has 2 N–H and O–H groups in total.